The van der Waals surface area contributed by atoms with Gasteiger partial charge in [-0.15, -0.1) is 0 Å². The summed E-state index contributed by atoms with van der Waals surface area (Å²) in [6.45, 7) is 2.30. The van der Waals surface area contributed by atoms with Gasteiger partial charge in [0.1, 0.15) is 0 Å². The van der Waals surface area contributed by atoms with Crippen LogP contribution in [0.1, 0.15) is 17.3 Å². The molecule has 5 nitrogen and oxygen atoms in total. The molecule has 0 saturated heterocycles. The maximum absolute atomic E-state index is 11.8. The lowest BCUT2D eigenvalue weighted by molar-refractivity contribution is -0.119. The number of benzene rings is 1. The van der Waals surface area contributed by atoms with Crippen LogP contribution in [0.4, 0.5) is 5.69 Å². The van der Waals surface area contributed by atoms with E-state index < -0.39 is 5.97 Å². The molecular formula is C12H15BrN2O3. The van der Waals surface area contributed by atoms with Gasteiger partial charge in [0, 0.05) is 16.9 Å². The first kappa shape index (κ1) is 14.7. The van der Waals surface area contributed by atoms with E-state index in [0.29, 0.717) is 16.7 Å². The molecule has 3 N–H and O–H groups in total. The predicted molar refractivity (Wildman–Crippen MR) is 72.8 cm³/mol. The Morgan fingerprint density at radius 1 is 1.44 bits per heavy atom. The lowest BCUT2D eigenvalue weighted by Gasteiger charge is -2.13. The van der Waals surface area contributed by atoms with E-state index in [1.165, 1.54) is 6.07 Å². The summed E-state index contributed by atoms with van der Waals surface area (Å²) in [6, 6.07) is 4.71. The minimum atomic E-state index is -1.08. The number of amides is 1. The van der Waals surface area contributed by atoms with Crippen molar-refractivity contribution in [2.24, 2.45) is 5.92 Å². The van der Waals surface area contributed by atoms with Gasteiger partial charge in [-0.3, -0.25) is 4.79 Å². The molecule has 1 atom stereocenters. The van der Waals surface area contributed by atoms with Crippen LogP contribution in [0.3, 0.4) is 0 Å². The molecule has 1 rings (SSSR count). The third-order valence-electron chi connectivity index (χ3n) is 2.43. The van der Waals surface area contributed by atoms with E-state index in [0.717, 1.165) is 0 Å². The van der Waals surface area contributed by atoms with Gasteiger partial charge in [0.05, 0.1) is 11.3 Å². The minimum Gasteiger partial charge on any atom is -0.478 e. The van der Waals surface area contributed by atoms with Crippen molar-refractivity contribution in [1.29, 1.82) is 0 Å². The first-order valence-electron chi connectivity index (χ1n) is 5.44. The van der Waals surface area contributed by atoms with Gasteiger partial charge in [0.25, 0.3) is 0 Å². The Labute approximate surface area is 114 Å². The van der Waals surface area contributed by atoms with Crippen LogP contribution in [0.15, 0.2) is 22.7 Å². The average molecular weight is 315 g/mol. The molecule has 1 aromatic rings. The lowest BCUT2D eigenvalue weighted by Crippen LogP contribution is -2.29. The molecule has 98 valence electrons. The second-order valence-electron chi connectivity index (χ2n) is 3.94. The van der Waals surface area contributed by atoms with Crippen molar-refractivity contribution in [2.45, 2.75) is 6.92 Å². The summed E-state index contributed by atoms with van der Waals surface area (Å²) in [5.41, 5.74) is 0.369. The molecule has 0 aliphatic heterocycles. The molecule has 1 aromatic carbocycles. The first-order valence-corrected chi connectivity index (χ1v) is 6.23. The predicted octanol–water partition coefficient (Wildman–Crippen LogP) is 1.94. The third-order valence-corrected chi connectivity index (χ3v) is 2.92. The second-order valence-corrected chi connectivity index (χ2v) is 4.86. The SMILES string of the molecule is CNCC(C)C(=O)Nc1ccc(Br)cc1C(=O)O. The van der Waals surface area contributed by atoms with Crippen molar-refractivity contribution in [3.8, 4) is 0 Å². The van der Waals surface area contributed by atoms with E-state index in [4.69, 9.17) is 5.11 Å². The van der Waals surface area contributed by atoms with Gasteiger partial charge < -0.3 is 15.7 Å². The molecule has 18 heavy (non-hydrogen) atoms. The van der Waals surface area contributed by atoms with Crippen LogP contribution in [0.25, 0.3) is 0 Å². The van der Waals surface area contributed by atoms with Gasteiger partial charge in [-0.1, -0.05) is 22.9 Å². The summed E-state index contributed by atoms with van der Waals surface area (Å²) in [7, 11) is 1.76. The van der Waals surface area contributed by atoms with Crippen LogP contribution < -0.4 is 10.6 Å². The molecule has 0 heterocycles. The molecule has 0 spiro atoms. The van der Waals surface area contributed by atoms with Crippen molar-refractivity contribution in [2.75, 3.05) is 18.9 Å². The molecule has 0 aromatic heterocycles. The van der Waals surface area contributed by atoms with Gasteiger partial charge in [-0.25, -0.2) is 4.79 Å². The van der Waals surface area contributed by atoms with Gasteiger partial charge in [0.15, 0.2) is 0 Å². The standard InChI is InChI=1S/C12H15BrN2O3/c1-7(6-14-2)11(16)15-10-4-3-8(13)5-9(10)12(17)18/h3-5,7,14H,6H2,1-2H3,(H,15,16)(H,17,18). The van der Waals surface area contributed by atoms with Gasteiger partial charge in [0.2, 0.25) is 5.91 Å². The lowest BCUT2D eigenvalue weighted by atomic mass is 10.1. The zero-order valence-electron chi connectivity index (χ0n) is 10.2. The van der Waals surface area contributed by atoms with Crippen LogP contribution in [0.2, 0.25) is 0 Å². The number of carbonyl (C=O) groups is 2. The molecule has 0 radical (unpaired) electrons. The molecule has 0 bridgehead atoms. The van der Waals surface area contributed by atoms with Gasteiger partial charge >= 0.3 is 5.97 Å². The summed E-state index contributed by atoms with van der Waals surface area (Å²) >= 11 is 3.20. The maximum atomic E-state index is 11.8. The zero-order valence-corrected chi connectivity index (χ0v) is 11.7. The Balaban J connectivity index is 2.90. The van der Waals surface area contributed by atoms with Crippen LogP contribution in [0, 0.1) is 5.92 Å². The van der Waals surface area contributed by atoms with Crippen molar-refractivity contribution in [1.82, 2.24) is 5.32 Å². The topological polar surface area (TPSA) is 78.4 Å². The monoisotopic (exact) mass is 314 g/mol. The minimum absolute atomic E-state index is 0.0642. The number of hydrogen-bond donors (Lipinski definition) is 3. The highest BCUT2D eigenvalue weighted by molar-refractivity contribution is 9.10. The van der Waals surface area contributed by atoms with Crippen LogP contribution >= 0.6 is 15.9 Å². The fraction of sp³-hybridized carbons (Fsp3) is 0.333. The molecular weight excluding hydrogens is 300 g/mol. The number of carbonyl (C=O) groups excluding carboxylic acids is 1. The van der Waals surface area contributed by atoms with Gasteiger partial charge in [-0.2, -0.15) is 0 Å². The zero-order chi connectivity index (χ0) is 13.7. The first-order chi connectivity index (χ1) is 8.45. The highest BCUT2D eigenvalue weighted by atomic mass is 79.9. The van der Waals surface area contributed by atoms with Crippen LogP contribution in [-0.4, -0.2) is 30.6 Å². The van der Waals surface area contributed by atoms with Crippen molar-refractivity contribution >= 4 is 33.5 Å². The highest BCUT2D eigenvalue weighted by Crippen LogP contribution is 2.21. The Bertz CT molecular complexity index is 463. The van der Waals surface area contributed by atoms with E-state index >= 15 is 0 Å². The normalized spacial score (nSPS) is 11.9. The summed E-state index contributed by atoms with van der Waals surface area (Å²) in [6.07, 6.45) is 0. The van der Waals surface area contributed by atoms with Crippen molar-refractivity contribution in [3.63, 3.8) is 0 Å². The average Bonchev–Trinajstić information content (AvgIpc) is 2.31. The molecule has 0 aliphatic rings. The van der Waals surface area contributed by atoms with E-state index in [-0.39, 0.29) is 17.4 Å². The van der Waals surface area contributed by atoms with Crippen molar-refractivity contribution in [3.05, 3.63) is 28.2 Å². The summed E-state index contributed by atoms with van der Waals surface area (Å²) in [5, 5.41) is 14.6. The number of carboxylic acid groups (broad SMARTS) is 1. The summed E-state index contributed by atoms with van der Waals surface area (Å²) < 4.78 is 0.654. The van der Waals surface area contributed by atoms with E-state index in [1.54, 1.807) is 26.1 Å². The van der Waals surface area contributed by atoms with Gasteiger partial charge in [-0.05, 0) is 25.2 Å². The number of carboxylic acids is 1. The Hall–Kier alpha value is -1.40. The highest BCUT2D eigenvalue weighted by Gasteiger charge is 2.16. The third kappa shape index (κ3) is 3.82. The molecule has 6 heteroatoms. The number of hydrogen-bond acceptors (Lipinski definition) is 3. The Morgan fingerprint density at radius 2 is 2.11 bits per heavy atom. The van der Waals surface area contributed by atoms with Crippen LogP contribution in [-0.2, 0) is 4.79 Å². The Morgan fingerprint density at radius 3 is 2.67 bits per heavy atom. The maximum Gasteiger partial charge on any atom is 0.337 e. The van der Waals surface area contributed by atoms with E-state index in [2.05, 4.69) is 26.6 Å². The number of halogens is 1. The quantitative estimate of drug-likeness (QED) is 0.776. The number of nitrogens with one attached hydrogen (secondary N) is 2. The largest absolute Gasteiger partial charge is 0.478 e. The molecule has 0 saturated carbocycles. The Kier molecular flexibility index (Phi) is 5.30. The number of aromatic carboxylic acids is 1. The summed E-state index contributed by atoms with van der Waals surface area (Å²) in [4.78, 5) is 22.9. The number of anilines is 1. The summed E-state index contributed by atoms with van der Waals surface area (Å²) in [5.74, 6) is -1.53. The molecule has 0 fully saturated rings. The number of rotatable bonds is 5. The fourth-order valence-corrected chi connectivity index (χ4v) is 1.82. The van der Waals surface area contributed by atoms with Crippen molar-refractivity contribution < 1.29 is 14.7 Å². The smallest absolute Gasteiger partial charge is 0.337 e. The van der Waals surface area contributed by atoms with E-state index in [1.807, 2.05) is 0 Å². The fourth-order valence-electron chi connectivity index (χ4n) is 1.46. The molecule has 1 amide bonds. The molecule has 0 aliphatic carbocycles. The molecule has 1 unspecified atom stereocenters. The second kappa shape index (κ2) is 6.51. The van der Waals surface area contributed by atoms with Crippen LogP contribution in [0.5, 0.6) is 0 Å². The van der Waals surface area contributed by atoms with E-state index in [9.17, 15) is 9.59 Å².